The number of alkyl carbamates (subject to hydrolysis) is 1. The van der Waals surface area contributed by atoms with Crippen molar-refractivity contribution < 1.29 is 46.2 Å². The van der Waals surface area contributed by atoms with Crippen LogP contribution in [0, 0.1) is 17.3 Å². The third-order valence-electron chi connectivity index (χ3n) is 9.75. The van der Waals surface area contributed by atoms with Crippen molar-refractivity contribution in [2.45, 2.75) is 116 Å². The summed E-state index contributed by atoms with van der Waals surface area (Å²) >= 11 is 0. The molecular weight excluding hydrogens is 622 g/mol. The number of benzene rings is 1. The smallest absolute Gasteiger partial charge is 0.408 e. The standard InChI is InChI=1S/C34H43F4N3O6/c1-7-22-25-17-41(26(22)18(2)42)29(43)27(32(3,4)5)40-31(44)47-33(6)16-20(33)10-8-9-13-34(37,38)23-14-19-11-12-21(45-30(35)36)15-24(19)39-28(23)46-25/h11-12,14-15,20,22,25-27,30H,7-10,13,16-17H2,1-6H3,(H,40,44)/t20-,22-,25+,26-,27-,33-/m1/s1. The number of pyridine rings is 1. The quantitative estimate of drug-likeness (QED) is 0.351. The van der Waals surface area contributed by atoms with Gasteiger partial charge in [-0.2, -0.15) is 8.78 Å². The molecule has 1 saturated carbocycles. The highest BCUT2D eigenvalue weighted by atomic mass is 19.3. The Morgan fingerprint density at radius 2 is 1.91 bits per heavy atom. The van der Waals surface area contributed by atoms with Gasteiger partial charge in [-0.15, -0.1) is 0 Å². The highest BCUT2D eigenvalue weighted by molar-refractivity contribution is 5.92. The number of carbonyl (C=O) groups excluding carboxylic acids is 3. The molecule has 2 amide bonds. The van der Waals surface area contributed by atoms with Crippen molar-refractivity contribution in [3.8, 4) is 11.6 Å². The van der Waals surface area contributed by atoms with Gasteiger partial charge in [-0.25, -0.2) is 18.6 Å². The molecule has 258 valence electrons. The molecule has 1 aliphatic carbocycles. The number of alkyl halides is 4. The molecule has 0 radical (unpaired) electrons. The van der Waals surface area contributed by atoms with E-state index in [2.05, 4.69) is 15.0 Å². The van der Waals surface area contributed by atoms with E-state index >= 15 is 8.78 Å². The summed E-state index contributed by atoms with van der Waals surface area (Å²) in [5, 5.41) is 3.03. The number of rotatable bonds is 4. The predicted octanol–water partition coefficient (Wildman–Crippen LogP) is 6.99. The number of hydrogen-bond acceptors (Lipinski definition) is 7. The van der Waals surface area contributed by atoms with E-state index < -0.39 is 77.5 Å². The van der Waals surface area contributed by atoms with E-state index in [9.17, 15) is 23.2 Å². The summed E-state index contributed by atoms with van der Waals surface area (Å²) in [6.07, 6.45) is -0.0408. The van der Waals surface area contributed by atoms with Gasteiger partial charge in [-0.1, -0.05) is 34.1 Å². The van der Waals surface area contributed by atoms with Gasteiger partial charge in [-0.05, 0) is 63.1 Å². The third kappa shape index (κ3) is 7.28. The number of halogens is 4. The van der Waals surface area contributed by atoms with Gasteiger partial charge in [0.15, 0.2) is 5.78 Å². The molecule has 1 aromatic carbocycles. The number of nitrogens with one attached hydrogen (secondary N) is 1. The summed E-state index contributed by atoms with van der Waals surface area (Å²) in [7, 11) is 0. The topological polar surface area (TPSA) is 107 Å². The Balaban J connectivity index is 1.60. The minimum atomic E-state index is -3.38. The van der Waals surface area contributed by atoms with Crippen LogP contribution in [0.25, 0.3) is 10.9 Å². The molecule has 6 atom stereocenters. The predicted molar refractivity (Wildman–Crippen MR) is 164 cm³/mol. The average Bonchev–Trinajstić information content (AvgIpc) is 3.44. The monoisotopic (exact) mass is 665 g/mol. The van der Waals surface area contributed by atoms with Crippen LogP contribution >= 0.6 is 0 Å². The molecule has 1 N–H and O–H groups in total. The molecule has 13 heteroatoms. The Labute approximate surface area is 271 Å². The number of fused-ring (bicyclic) bond motifs is 5. The molecule has 2 aliphatic heterocycles. The van der Waals surface area contributed by atoms with Crippen LogP contribution in [-0.2, 0) is 20.2 Å². The summed E-state index contributed by atoms with van der Waals surface area (Å²) in [6, 6.07) is 3.09. The second-order valence-electron chi connectivity index (χ2n) is 14.3. The van der Waals surface area contributed by atoms with Gasteiger partial charge >= 0.3 is 12.7 Å². The lowest BCUT2D eigenvalue weighted by Gasteiger charge is -2.35. The first-order valence-corrected chi connectivity index (χ1v) is 16.2. The van der Waals surface area contributed by atoms with Crippen molar-refractivity contribution in [2.75, 3.05) is 6.54 Å². The molecule has 0 spiro atoms. The lowest BCUT2D eigenvalue weighted by atomic mass is 9.85. The van der Waals surface area contributed by atoms with Crippen molar-refractivity contribution in [1.29, 1.82) is 0 Å². The summed E-state index contributed by atoms with van der Waals surface area (Å²) in [4.78, 5) is 46.2. The highest BCUT2D eigenvalue weighted by Crippen LogP contribution is 2.50. The van der Waals surface area contributed by atoms with Crippen molar-refractivity contribution in [3.05, 3.63) is 29.8 Å². The summed E-state index contributed by atoms with van der Waals surface area (Å²) in [5.74, 6) is -5.43. The Bertz CT molecular complexity index is 1530. The molecule has 0 unspecified atom stereocenters. The molecule has 3 heterocycles. The summed E-state index contributed by atoms with van der Waals surface area (Å²) in [6.45, 7) is 7.08. The van der Waals surface area contributed by atoms with Gasteiger partial charge in [0.25, 0.3) is 5.92 Å². The lowest BCUT2D eigenvalue weighted by Crippen LogP contribution is -2.57. The van der Waals surface area contributed by atoms with Crippen LogP contribution in [0.1, 0.15) is 85.6 Å². The maximum Gasteiger partial charge on any atom is 0.408 e. The zero-order valence-electron chi connectivity index (χ0n) is 27.6. The number of carbonyl (C=O) groups is 3. The van der Waals surface area contributed by atoms with Crippen LogP contribution < -0.4 is 14.8 Å². The Hall–Kier alpha value is -3.64. The molecule has 3 aliphatic rings. The Kier molecular flexibility index (Phi) is 9.42. The third-order valence-corrected chi connectivity index (χ3v) is 9.75. The SMILES string of the molecule is CC[C@@H]1[C@@H]2CN(C(=O)[C@H](C(C)(C)C)NC(=O)O[C@]3(C)C[C@H]3CCCCC(F)(F)c3cc4ccc(OC(F)F)cc4nc3O2)[C@@H]1C(C)=O. The van der Waals surface area contributed by atoms with Gasteiger partial charge in [0.05, 0.1) is 23.7 Å². The Morgan fingerprint density at radius 1 is 1.19 bits per heavy atom. The fraction of sp³-hybridized carbons (Fsp3) is 0.647. The molecule has 1 saturated heterocycles. The zero-order chi connectivity index (χ0) is 34.5. The fourth-order valence-electron chi connectivity index (χ4n) is 7.05. The summed E-state index contributed by atoms with van der Waals surface area (Å²) < 4.78 is 74.6. The van der Waals surface area contributed by atoms with E-state index in [1.54, 1.807) is 34.6 Å². The van der Waals surface area contributed by atoms with Crippen LogP contribution in [0.3, 0.4) is 0 Å². The van der Waals surface area contributed by atoms with Crippen molar-refractivity contribution in [2.24, 2.45) is 17.3 Å². The van der Waals surface area contributed by atoms with Crippen molar-refractivity contribution >= 4 is 28.7 Å². The minimum Gasteiger partial charge on any atom is -0.472 e. The number of ketones is 1. The Morgan fingerprint density at radius 3 is 2.55 bits per heavy atom. The fourth-order valence-corrected chi connectivity index (χ4v) is 7.05. The number of nitrogens with zero attached hydrogens (tertiary/aromatic N) is 2. The molecule has 2 bridgehead atoms. The number of amides is 2. The van der Waals surface area contributed by atoms with E-state index in [4.69, 9.17) is 9.47 Å². The van der Waals surface area contributed by atoms with Gasteiger partial charge in [0.1, 0.15) is 23.5 Å². The molecule has 5 rings (SSSR count). The maximum absolute atomic E-state index is 16.1. The second kappa shape index (κ2) is 12.8. The van der Waals surface area contributed by atoms with E-state index in [1.807, 2.05) is 0 Å². The number of hydrogen-bond donors (Lipinski definition) is 1. The van der Waals surface area contributed by atoms with Crippen LogP contribution in [0.2, 0.25) is 0 Å². The summed E-state index contributed by atoms with van der Waals surface area (Å²) in [5.41, 5.74) is -1.92. The van der Waals surface area contributed by atoms with Gasteiger partial charge < -0.3 is 24.4 Å². The maximum atomic E-state index is 16.1. The lowest BCUT2D eigenvalue weighted by molar-refractivity contribution is -0.141. The van der Waals surface area contributed by atoms with Crippen LogP contribution in [0.5, 0.6) is 11.6 Å². The van der Waals surface area contributed by atoms with Crippen LogP contribution in [0.15, 0.2) is 24.3 Å². The molecule has 2 fully saturated rings. The first kappa shape index (κ1) is 34.7. The average molecular weight is 666 g/mol. The molecule has 9 nitrogen and oxygen atoms in total. The highest BCUT2D eigenvalue weighted by Gasteiger charge is 2.55. The van der Waals surface area contributed by atoms with E-state index in [0.717, 1.165) is 0 Å². The van der Waals surface area contributed by atoms with Crippen molar-refractivity contribution in [3.63, 3.8) is 0 Å². The van der Waals surface area contributed by atoms with Gasteiger partial charge in [0.2, 0.25) is 11.8 Å². The van der Waals surface area contributed by atoms with E-state index in [1.165, 1.54) is 36.1 Å². The number of ether oxygens (including phenoxy) is 3. The van der Waals surface area contributed by atoms with Crippen molar-refractivity contribution in [1.82, 2.24) is 15.2 Å². The van der Waals surface area contributed by atoms with Gasteiger partial charge in [-0.3, -0.25) is 9.59 Å². The molecular formula is C34H43F4N3O6. The number of aromatic nitrogens is 1. The second-order valence-corrected chi connectivity index (χ2v) is 14.3. The minimum absolute atomic E-state index is 0.0119. The number of Topliss-reactive ketones (excluding diaryl/α,β-unsaturated/α-hetero) is 1. The van der Waals surface area contributed by atoms with Gasteiger partial charge in [0, 0.05) is 29.7 Å². The van der Waals surface area contributed by atoms with E-state index in [0.29, 0.717) is 25.7 Å². The van der Waals surface area contributed by atoms with Crippen LogP contribution in [-0.4, -0.2) is 64.6 Å². The van der Waals surface area contributed by atoms with E-state index in [-0.39, 0.29) is 41.3 Å². The largest absolute Gasteiger partial charge is 0.472 e. The first-order valence-electron chi connectivity index (χ1n) is 16.2. The van der Waals surface area contributed by atoms with Crippen LogP contribution in [0.4, 0.5) is 22.4 Å². The molecule has 2 aromatic rings. The molecule has 47 heavy (non-hydrogen) atoms. The normalized spacial score (nSPS) is 29.9. The molecule has 1 aromatic heterocycles. The zero-order valence-corrected chi connectivity index (χ0v) is 27.6. The first-order chi connectivity index (χ1) is 21.9.